The maximum Gasteiger partial charge on any atom is 0.142 e. The van der Waals surface area contributed by atoms with Crippen LogP contribution in [0.3, 0.4) is 0 Å². The van der Waals surface area contributed by atoms with Gasteiger partial charge in [0.15, 0.2) is 0 Å². The Morgan fingerprint density at radius 3 is 2.14 bits per heavy atom. The third-order valence-corrected chi connectivity index (χ3v) is 7.87. The Morgan fingerprint density at radius 2 is 1.25 bits per heavy atom. The number of ether oxygens (including phenoxy) is 1. The van der Waals surface area contributed by atoms with Crippen LogP contribution < -0.4 is 9.64 Å². The summed E-state index contributed by atoms with van der Waals surface area (Å²) in [6, 6.07) is 42.3. The largest absolute Gasteiger partial charge is 0.455 e. The van der Waals surface area contributed by atoms with E-state index in [0.29, 0.717) is 5.02 Å². The number of hydrogen-bond donors (Lipinski definition) is 0. The van der Waals surface area contributed by atoms with Crippen molar-refractivity contribution in [2.24, 2.45) is 0 Å². The number of hydrogen-bond acceptors (Lipinski definition) is 3. The van der Waals surface area contributed by atoms with E-state index in [1.54, 1.807) is 11.8 Å². The summed E-state index contributed by atoms with van der Waals surface area (Å²) in [5.41, 5.74) is 3.29. The topological polar surface area (TPSA) is 12.5 Å². The van der Waals surface area contributed by atoms with Crippen molar-refractivity contribution < 1.29 is 4.74 Å². The molecule has 1 aliphatic heterocycles. The zero-order chi connectivity index (χ0) is 24.1. The highest BCUT2D eigenvalue weighted by molar-refractivity contribution is 7.99. The van der Waals surface area contributed by atoms with Crippen LogP contribution in [0.5, 0.6) is 11.5 Å². The van der Waals surface area contributed by atoms with Gasteiger partial charge in [-0.05, 0) is 76.1 Å². The molecule has 6 aromatic rings. The third-order valence-electron chi connectivity index (χ3n) is 6.53. The van der Waals surface area contributed by atoms with E-state index in [4.69, 9.17) is 16.3 Å². The Morgan fingerprint density at radius 1 is 0.528 bits per heavy atom. The molecule has 4 heteroatoms. The van der Waals surface area contributed by atoms with E-state index in [-0.39, 0.29) is 0 Å². The minimum Gasteiger partial charge on any atom is -0.455 e. The molecule has 7 rings (SSSR count). The summed E-state index contributed by atoms with van der Waals surface area (Å²) < 4.78 is 6.19. The van der Waals surface area contributed by atoms with Crippen molar-refractivity contribution in [3.63, 3.8) is 0 Å². The van der Waals surface area contributed by atoms with E-state index in [0.717, 1.165) is 38.4 Å². The lowest BCUT2D eigenvalue weighted by atomic mass is 10.0. The van der Waals surface area contributed by atoms with Crippen LogP contribution >= 0.6 is 23.4 Å². The van der Waals surface area contributed by atoms with Crippen LogP contribution in [0.2, 0.25) is 5.02 Å². The van der Waals surface area contributed by atoms with Gasteiger partial charge in [-0.15, -0.1) is 0 Å². The van der Waals surface area contributed by atoms with Gasteiger partial charge >= 0.3 is 0 Å². The van der Waals surface area contributed by atoms with Gasteiger partial charge in [0.25, 0.3) is 0 Å². The lowest BCUT2D eigenvalue weighted by Gasteiger charge is -2.28. The summed E-state index contributed by atoms with van der Waals surface area (Å²) in [5, 5.41) is 5.65. The Kier molecular flexibility index (Phi) is 5.12. The van der Waals surface area contributed by atoms with Gasteiger partial charge in [-0.3, -0.25) is 0 Å². The minimum atomic E-state index is 0.675. The van der Waals surface area contributed by atoms with Crippen molar-refractivity contribution in [3.05, 3.63) is 126 Å². The Labute approximate surface area is 218 Å². The summed E-state index contributed by atoms with van der Waals surface area (Å²) in [6.07, 6.45) is 0. The molecule has 0 unspecified atom stereocenters. The highest BCUT2D eigenvalue weighted by atomic mass is 35.5. The molecule has 0 radical (unpaired) electrons. The van der Waals surface area contributed by atoms with E-state index < -0.39 is 0 Å². The number of anilines is 3. The second kappa shape index (κ2) is 8.63. The molecule has 1 heterocycles. The second-order valence-corrected chi connectivity index (χ2v) is 10.3. The molecule has 0 atom stereocenters. The lowest BCUT2D eigenvalue weighted by Crippen LogP contribution is -2.10. The van der Waals surface area contributed by atoms with E-state index in [1.807, 2.05) is 30.3 Å². The Bertz CT molecular complexity index is 1770. The van der Waals surface area contributed by atoms with Crippen LogP contribution in [0.4, 0.5) is 17.1 Å². The fraction of sp³-hybridized carbons (Fsp3) is 0. The maximum absolute atomic E-state index is 6.19. The highest BCUT2D eigenvalue weighted by Gasteiger charge is 2.21. The summed E-state index contributed by atoms with van der Waals surface area (Å²) >= 11 is 7.90. The zero-order valence-corrected chi connectivity index (χ0v) is 20.8. The van der Waals surface area contributed by atoms with Gasteiger partial charge in [0.1, 0.15) is 11.5 Å². The molecule has 0 fully saturated rings. The molecule has 0 spiro atoms. The van der Waals surface area contributed by atoms with Crippen LogP contribution in [-0.4, -0.2) is 0 Å². The van der Waals surface area contributed by atoms with E-state index >= 15 is 0 Å². The predicted molar refractivity (Wildman–Crippen MR) is 152 cm³/mol. The van der Waals surface area contributed by atoms with Crippen molar-refractivity contribution in [2.75, 3.05) is 4.90 Å². The van der Waals surface area contributed by atoms with Gasteiger partial charge in [0, 0.05) is 28.2 Å². The number of para-hydroxylation sites is 1. The first-order valence-electron chi connectivity index (χ1n) is 11.8. The molecule has 172 valence electrons. The lowest BCUT2D eigenvalue weighted by molar-refractivity contribution is 0.454. The molecule has 1 aliphatic rings. The Hall–Kier alpha value is -3.92. The SMILES string of the molecule is Clc1ccc2c(c1)Oc1ccc(N(c3ccccc3)c3ccc4ccc5ccccc5c4c3)cc1S2. The molecule has 0 saturated carbocycles. The number of fused-ring (bicyclic) bond motifs is 5. The predicted octanol–water partition coefficient (Wildman–Crippen LogP) is 10.4. The molecular formula is C32H20ClNOS. The molecule has 0 bridgehead atoms. The van der Waals surface area contributed by atoms with Gasteiger partial charge in [0.2, 0.25) is 0 Å². The number of benzene rings is 6. The zero-order valence-electron chi connectivity index (χ0n) is 19.2. The monoisotopic (exact) mass is 501 g/mol. The molecule has 0 amide bonds. The van der Waals surface area contributed by atoms with Gasteiger partial charge in [-0.1, -0.05) is 84.0 Å². The molecule has 6 aromatic carbocycles. The molecular weight excluding hydrogens is 482 g/mol. The summed E-state index contributed by atoms with van der Waals surface area (Å²) in [7, 11) is 0. The summed E-state index contributed by atoms with van der Waals surface area (Å²) in [5.74, 6) is 1.64. The van der Waals surface area contributed by atoms with Gasteiger partial charge in [-0.2, -0.15) is 0 Å². The van der Waals surface area contributed by atoms with E-state index in [2.05, 4.69) is 95.9 Å². The quantitative estimate of drug-likeness (QED) is 0.223. The fourth-order valence-electron chi connectivity index (χ4n) is 4.84. The molecule has 0 saturated heterocycles. The minimum absolute atomic E-state index is 0.675. The fourth-order valence-corrected chi connectivity index (χ4v) is 5.96. The highest BCUT2D eigenvalue weighted by Crippen LogP contribution is 2.50. The third kappa shape index (κ3) is 3.69. The van der Waals surface area contributed by atoms with Gasteiger partial charge in [-0.25, -0.2) is 0 Å². The van der Waals surface area contributed by atoms with Crippen LogP contribution in [0.15, 0.2) is 131 Å². The second-order valence-electron chi connectivity index (χ2n) is 8.79. The van der Waals surface area contributed by atoms with Crippen molar-refractivity contribution >= 4 is 62.0 Å². The molecule has 2 nitrogen and oxygen atoms in total. The standard InChI is InChI=1S/C32H20ClNOS/c33-23-13-17-31-30(18-23)35-29-16-15-26(20-32(29)36-31)34(24-7-2-1-3-8-24)25-14-12-22-11-10-21-6-4-5-9-27(21)28(22)19-25/h1-20H. The Balaban J connectivity index is 1.38. The van der Waals surface area contributed by atoms with Crippen molar-refractivity contribution in [2.45, 2.75) is 9.79 Å². The number of halogens is 1. The van der Waals surface area contributed by atoms with Crippen molar-refractivity contribution in [3.8, 4) is 11.5 Å². The first-order valence-corrected chi connectivity index (χ1v) is 13.0. The normalized spacial score (nSPS) is 12.1. The first kappa shape index (κ1) is 21.4. The molecule has 0 N–H and O–H groups in total. The van der Waals surface area contributed by atoms with Crippen molar-refractivity contribution in [1.29, 1.82) is 0 Å². The average molecular weight is 502 g/mol. The van der Waals surface area contributed by atoms with Crippen LogP contribution in [0.25, 0.3) is 21.5 Å². The van der Waals surface area contributed by atoms with E-state index in [1.165, 1.54) is 21.5 Å². The average Bonchev–Trinajstić information content (AvgIpc) is 2.92. The van der Waals surface area contributed by atoms with Crippen LogP contribution in [0, 0.1) is 0 Å². The smallest absolute Gasteiger partial charge is 0.142 e. The van der Waals surface area contributed by atoms with Gasteiger partial charge < -0.3 is 9.64 Å². The molecule has 36 heavy (non-hydrogen) atoms. The molecule has 0 aliphatic carbocycles. The number of rotatable bonds is 3. The molecule has 0 aromatic heterocycles. The first-order chi connectivity index (χ1) is 17.7. The van der Waals surface area contributed by atoms with Crippen molar-refractivity contribution in [1.82, 2.24) is 0 Å². The number of nitrogens with zero attached hydrogens (tertiary/aromatic N) is 1. The maximum atomic E-state index is 6.19. The van der Waals surface area contributed by atoms with Crippen LogP contribution in [0.1, 0.15) is 0 Å². The summed E-state index contributed by atoms with van der Waals surface area (Å²) in [4.78, 5) is 4.45. The van der Waals surface area contributed by atoms with Crippen LogP contribution in [-0.2, 0) is 0 Å². The summed E-state index contributed by atoms with van der Waals surface area (Å²) in [6.45, 7) is 0. The van der Waals surface area contributed by atoms with Gasteiger partial charge in [0.05, 0.1) is 9.79 Å². The van der Waals surface area contributed by atoms with E-state index in [9.17, 15) is 0 Å².